The SMILES string of the molecule is COc1cc(C)c(-c2nc3ccccc3c(=O)n2N=Cc2ccc(OCc3ccccc3)cc2)cc1C(C)C. The molecule has 5 rings (SSSR count). The van der Waals surface area contributed by atoms with Crippen LogP contribution in [0.2, 0.25) is 0 Å². The number of fused-ring (bicyclic) bond motifs is 1. The van der Waals surface area contributed by atoms with Gasteiger partial charge in [0, 0.05) is 5.56 Å². The van der Waals surface area contributed by atoms with E-state index in [2.05, 4.69) is 25.0 Å². The van der Waals surface area contributed by atoms with Crippen LogP contribution in [0.5, 0.6) is 11.5 Å². The first-order valence-corrected chi connectivity index (χ1v) is 13.0. The van der Waals surface area contributed by atoms with Crippen molar-refractivity contribution in [2.45, 2.75) is 33.3 Å². The number of rotatable bonds is 8. The molecule has 0 atom stereocenters. The van der Waals surface area contributed by atoms with Gasteiger partial charge in [0.1, 0.15) is 18.1 Å². The number of hydrogen-bond donors (Lipinski definition) is 0. The van der Waals surface area contributed by atoms with Crippen molar-refractivity contribution >= 4 is 17.1 Å². The lowest BCUT2D eigenvalue weighted by Crippen LogP contribution is -2.20. The molecule has 0 saturated carbocycles. The number of methoxy groups -OCH3 is 1. The first-order valence-electron chi connectivity index (χ1n) is 13.0. The third kappa shape index (κ3) is 5.60. The Labute approximate surface area is 228 Å². The second kappa shape index (κ2) is 11.4. The lowest BCUT2D eigenvalue weighted by atomic mass is 9.96. The van der Waals surface area contributed by atoms with Crippen molar-refractivity contribution < 1.29 is 9.47 Å². The molecule has 6 heteroatoms. The molecule has 0 N–H and O–H groups in total. The van der Waals surface area contributed by atoms with E-state index in [1.54, 1.807) is 19.4 Å². The zero-order valence-electron chi connectivity index (χ0n) is 22.6. The first-order chi connectivity index (χ1) is 18.9. The van der Waals surface area contributed by atoms with Crippen LogP contribution in [0.1, 0.15) is 42.0 Å². The Bertz CT molecular complexity index is 1690. The zero-order valence-corrected chi connectivity index (χ0v) is 22.6. The molecule has 0 bridgehead atoms. The highest BCUT2D eigenvalue weighted by atomic mass is 16.5. The van der Waals surface area contributed by atoms with Gasteiger partial charge in [0.05, 0.1) is 24.2 Å². The van der Waals surface area contributed by atoms with E-state index in [0.29, 0.717) is 23.3 Å². The Morgan fingerprint density at radius 1 is 0.949 bits per heavy atom. The van der Waals surface area contributed by atoms with Gasteiger partial charge in [-0.05, 0) is 83.6 Å². The maximum absolute atomic E-state index is 13.6. The fourth-order valence-electron chi connectivity index (χ4n) is 4.49. The number of aryl methyl sites for hydroxylation is 1. The predicted octanol–water partition coefficient (Wildman–Crippen LogP) is 6.97. The third-order valence-electron chi connectivity index (χ3n) is 6.64. The number of hydrogen-bond acceptors (Lipinski definition) is 5. The molecule has 1 aromatic heterocycles. The highest BCUT2D eigenvalue weighted by Crippen LogP contribution is 2.34. The molecule has 5 aromatic rings. The van der Waals surface area contributed by atoms with Gasteiger partial charge in [-0.3, -0.25) is 4.79 Å². The molecule has 0 amide bonds. The van der Waals surface area contributed by atoms with Crippen LogP contribution in [-0.2, 0) is 6.61 Å². The minimum Gasteiger partial charge on any atom is -0.496 e. The van der Waals surface area contributed by atoms with Gasteiger partial charge in [0.15, 0.2) is 5.82 Å². The van der Waals surface area contributed by atoms with Gasteiger partial charge < -0.3 is 9.47 Å². The lowest BCUT2D eigenvalue weighted by molar-refractivity contribution is 0.306. The van der Waals surface area contributed by atoms with E-state index in [4.69, 9.17) is 14.5 Å². The first kappa shape index (κ1) is 25.9. The Hall–Kier alpha value is -4.71. The minimum absolute atomic E-state index is 0.226. The molecule has 0 spiro atoms. The monoisotopic (exact) mass is 517 g/mol. The van der Waals surface area contributed by atoms with Crippen LogP contribution in [0.25, 0.3) is 22.3 Å². The van der Waals surface area contributed by atoms with Gasteiger partial charge in [-0.2, -0.15) is 9.78 Å². The van der Waals surface area contributed by atoms with Crippen molar-refractivity contribution in [3.63, 3.8) is 0 Å². The molecule has 0 fully saturated rings. The topological polar surface area (TPSA) is 65.7 Å². The normalized spacial score (nSPS) is 11.4. The highest BCUT2D eigenvalue weighted by Gasteiger charge is 2.18. The summed E-state index contributed by atoms with van der Waals surface area (Å²) in [4.78, 5) is 18.5. The number of nitrogens with zero attached hydrogens (tertiary/aromatic N) is 3. The maximum Gasteiger partial charge on any atom is 0.282 e. The second-order valence-electron chi connectivity index (χ2n) is 9.72. The van der Waals surface area contributed by atoms with E-state index < -0.39 is 0 Å². The quantitative estimate of drug-likeness (QED) is 0.209. The van der Waals surface area contributed by atoms with Crippen molar-refractivity contribution in [3.8, 4) is 22.9 Å². The fraction of sp³-hybridized carbons (Fsp3) is 0.182. The molecular weight excluding hydrogens is 486 g/mol. The van der Waals surface area contributed by atoms with E-state index in [9.17, 15) is 4.79 Å². The van der Waals surface area contributed by atoms with E-state index in [-0.39, 0.29) is 11.5 Å². The standard InChI is InChI=1S/C33H31N3O3/c1-22(2)28-19-29(23(3)18-31(28)38-4)32-35-30-13-9-8-12-27(30)33(37)36(32)34-20-24-14-16-26(17-15-24)39-21-25-10-6-5-7-11-25/h5-20,22H,21H2,1-4H3. The van der Waals surface area contributed by atoms with Crippen LogP contribution in [0.4, 0.5) is 0 Å². The molecule has 0 unspecified atom stereocenters. The molecule has 6 nitrogen and oxygen atoms in total. The van der Waals surface area contributed by atoms with Gasteiger partial charge in [-0.15, -0.1) is 0 Å². The predicted molar refractivity (Wildman–Crippen MR) is 157 cm³/mol. The molecule has 0 aliphatic heterocycles. The number of aromatic nitrogens is 2. The Morgan fingerprint density at radius 2 is 1.67 bits per heavy atom. The summed E-state index contributed by atoms with van der Waals surface area (Å²) in [5.74, 6) is 2.29. The van der Waals surface area contributed by atoms with Gasteiger partial charge in [-0.1, -0.05) is 56.3 Å². The van der Waals surface area contributed by atoms with E-state index in [1.807, 2.05) is 85.8 Å². The molecule has 39 heavy (non-hydrogen) atoms. The molecule has 196 valence electrons. The summed E-state index contributed by atoms with van der Waals surface area (Å²) in [6.07, 6.45) is 1.67. The van der Waals surface area contributed by atoms with Crippen LogP contribution in [0.3, 0.4) is 0 Å². The lowest BCUT2D eigenvalue weighted by Gasteiger charge is -2.17. The summed E-state index contributed by atoms with van der Waals surface area (Å²) in [5, 5.41) is 5.14. The Balaban J connectivity index is 1.53. The van der Waals surface area contributed by atoms with E-state index in [0.717, 1.165) is 39.3 Å². The van der Waals surface area contributed by atoms with Gasteiger partial charge in [0.25, 0.3) is 5.56 Å². The van der Waals surface area contributed by atoms with Gasteiger partial charge >= 0.3 is 0 Å². The van der Waals surface area contributed by atoms with Crippen molar-refractivity contribution in [2.75, 3.05) is 7.11 Å². The average molecular weight is 518 g/mol. The van der Waals surface area contributed by atoms with Crippen LogP contribution in [0.15, 0.2) is 101 Å². The molecule has 0 aliphatic rings. The molecule has 0 radical (unpaired) electrons. The van der Waals surface area contributed by atoms with E-state index >= 15 is 0 Å². The summed E-state index contributed by atoms with van der Waals surface area (Å²) in [6.45, 7) is 6.72. The third-order valence-corrected chi connectivity index (χ3v) is 6.64. The van der Waals surface area contributed by atoms with Gasteiger partial charge in [0.2, 0.25) is 0 Å². The second-order valence-corrected chi connectivity index (χ2v) is 9.72. The highest BCUT2D eigenvalue weighted by molar-refractivity contribution is 5.82. The molecule has 1 heterocycles. The molecule has 0 saturated heterocycles. The van der Waals surface area contributed by atoms with Crippen molar-refractivity contribution in [1.29, 1.82) is 0 Å². The number of ether oxygens (including phenoxy) is 2. The smallest absolute Gasteiger partial charge is 0.282 e. The van der Waals surface area contributed by atoms with Crippen LogP contribution < -0.4 is 15.0 Å². The van der Waals surface area contributed by atoms with Crippen molar-refractivity contribution in [3.05, 3.63) is 124 Å². The summed E-state index contributed by atoms with van der Waals surface area (Å²) >= 11 is 0. The minimum atomic E-state index is -0.226. The summed E-state index contributed by atoms with van der Waals surface area (Å²) < 4.78 is 12.9. The fourth-order valence-corrected chi connectivity index (χ4v) is 4.49. The molecular formula is C33H31N3O3. The van der Waals surface area contributed by atoms with Gasteiger partial charge in [-0.25, -0.2) is 4.98 Å². The van der Waals surface area contributed by atoms with Crippen LogP contribution in [0, 0.1) is 6.92 Å². The Kier molecular flexibility index (Phi) is 7.55. The van der Waals surface area contributed by atoms with Crippen LogP contribution in [-0.4, -0.2) is 23.0 Å². The maximum atomic E-state index is 13.6. The van der Waals surface area contributed by atoms with Crippen LogP contribution >= 0.6 is 0 Å². The molecule has 4 aromatic carbocycles. The van der Waals surface area contributed by atoms with Crippen molar-refractivity contribution in [1.82, 2.24) is 9.66 Å². The largest absolute Gasteiger partial charge is 0.496 e. The average Bonchev–Trinajstić information content (AvgIpc) is 2.96. The Morgan fingerprint density at radius 3 is 2.38 bits per heavy atom. The van der Waals surface area contributed by atoms with Crippen molar-refractivity contribution in [2.24, 2.45) is 5.10 Å². The summed E-state index contributed by atoms with van der Waals surface area (Å²) in [6, 6.07) is 29.1. The molecule has 0 aliphatic carbocycles. The summed E-state index contributed by atoms with van der Waals surface area (Å²) in [7, 11) is 1.67. The number of benzene rings is 4. The zero-order chi connectivity index (χ0) is 27.4. The van der Waals surface area contributed by atoms with E-state index in [1.165, 1.54) is 4.68 Å². The summed E-state index contributed by atoms with van der Waals surface area (Å²) in [5.41, 5.74) is 5.17. The number of para-hydroxylation sites is 1.